The number of piperidine rings is 1. The largest absolute Gasteiger partial charge is 0.444 e. The molecule has 2 N–H and O–H groups in total. The Labute approximate surface area is 133 Å². The molecule has 1 aromatic carbocycles. The van der Waals surface area contributed by atoms with E-state index >= 15 is 0 Å². The molecule has 0 radical (unpaired) electrons. The molecule has 1 saturated heterocycles. The van der Waals surface area contributed by atoms with E-state index in [4.69, 9.17) is 4.74 Å². The van der Waals surface area contributed by atoms with Gasteiger partial charge >= 0.3 is 6.09 Å². The van der Waals surface area contributed by atoms with Gasteiger partial charge in [-0.3, -0.25) is 5.32 Å². The number of likely N-dealkylation sites (tertiary alicyclic amines) is 1. The Morgan fingerprint density at radius 2 is 1.77 bits per heavy atom. The molecule has 122 valence electrons. The molecule has 1 fully saturated rings. The van der Waals surface area contributed by atoms with Crippen molar-refractivity contribution >= 4 is 17.5 Å². The number of carbonyl (C=O) groups is 1. The SMILES string of the molecule is CN1CCC(Nc2ccccc2NC(=O)OC(C)(C)C)CC1. The van der Waals surface area contributed by atoms with Gasteiger partial charge in [0.2, 0.25) is 0 Å². The normalized spacial score (nSPS) is 17.1. The maximum absolute atomic E-state index is 11.9. The van der Waals surface area contributed by atoms with E-state index in [-0.39, 0.29) is 0 Å². The zero-order valence-corrected chi connectivity index (χ0v) is 14.0. The van der Waals surface area contributed by atoms with Gasteiger partial charge in [0, 0.05) is 6.04 Å². The van der Waals surface area contributed by atoms with Crippen molar-refractivity contribution in [3.63, 3.8) is 0 Å². The average Bonchev–Trinajstić information content (AvgIpc) is 2.41. The number of anilines is 2. The fraction of sp³-hybridized carbons (Fsp3) is 0.588. The van der Waals surface area contributed by atoms with Gasteiger partial charge in [0.25, 0.3) is 0 Å². The van der Waals surface area contributed by atoms with E-state index in [0.29, 0.717) is 6.04 Å². The molecule has 22 heavy (non-hydrogen) atoms. The maximum Gasteiger partial charge on any atom is 0.412 e. The molecule has 1 aliphatic rings. The summed E-state index contributed by atoms with van der Waals surface area (Å²) in [5.41, 5.74) is 1.21. The molecule has 5 heteroatoms. The first kappa shape index (κ1) is 16.6. The Morgan fingerprint density at radius 1 is 1.18 bits per heavy atom. The van der Waals surface area contributed by atoms with Gasteiger partial charge in [-0.1, -0.05) is 12.1 Å². The van der Waals surface area contributed by atoms with Crippen LogP contribution in [0.1, 0.15) is 33.6 Å². The van der Waals surface area contributed by atoms with Crippen molar-refractivity contribution in [3.8, 4) is 0 Å². The zero-order chi connectivity index (χ0) is 16.2. The number of nitrogens with zero attached hydrogens (tertiary/aromatic N) is 1. The first-order chi connectivity index (χ1) is 10.3. The number of amides is 1. The lowest BCUT2D eigenvalue weighted by molar-refractivity contribution is 0.0636. The van der Waals surface area contributed by atoms with Gasteiger partial charge in [-0.05, 0) is 65.9 Å². The van der Waals surface area contributed by atoms with Crippen LogP contribution in [0, 0.1) is 0 Å². The van der Waals surface area contributed by atoms with Gasteiger partial charge in [0.1, 0.15) is 5.60 Å². The first-order valence-corrected chi connectivity index (χ1v) is 7.87. The molecule has 0 spiro atoms. The van der Waals surface area contributed by atoms with Gasteiger partial charge < -0.3 is 15.0 Å². The van der Waals surface area contributed by atoms with E-state index in [1.165, 1.54) is 0 Å². The number of para-hydroxylation sites is 2. The summed E-state index contributed by atoms with van der Waals surface area (Å²) in [5.74, 6) is 0. The fourth-order valence-corrected chi connectivity index (χ4v) is 2.50. The topological polar surface area (TPSA) is 53.6 Å². The second kappa shape index (κ2) is 7.01. The van der Waals surface area contributed by atoms with Gasteiger partial charge in [0.05, 0.1) is 11.4 Å². The van der Waals surface area contributed by atoms with Gasteiger partial charge in [-0.15, -0.1) is 0 Å². The zero-order valence-electron chi connectivity index (χ0n) is 14.0. The van der Waals surface area contributed by atoms with E-state index in [2.05, 4.69) is 22.6 Å². The van der Waals surface area contributed by atoms with Gasteiger partial charge in [-0.25, -0.2) is 4.79 Å². The van der Waals surface area contributed by atoms with E-state index < -0.39 is 11.7 Å². The highest BCUT2D eigenvalue weighted by atomic mass is 16.6. The summed E-state index contributed by atoms with van der Waals surface area (Å²) in [4.78, 5) is 14.3. The Kier molecular flexibility index (Phi) is 5.29. The summed E-state index contributed by atoms with van der Waals surface area (Å²) < 4.78 is 5.32. The molecule has 1 amide bonds. The fourth-order valence-electron chi connectivity index (χ4n) is 2.50. The number of ether oxygens (including phenoxy) is 1. The summed E-state index contributed by atoms with van der Waals surface area (Å²) in [6.07, 6.45) is 1.79. The smallest absolute Gasteiger partial charge is 0.412 e. The van der Waals surface area contributed by atoms with Crippen molar-refractivity contribution in [2.24, 2.45) is 0 Å². The summed E-state index contributed by atoms with van der Waals surface area (Å²) in [7, 11) is 2.15. The summed E-state index contributed by atoms with van der Waals surface area (Å²) >= 11 is 0. The van der Waals surface area contributed by atoms with E-state index in [1.54, 1.807) is 0 Å². The third kappa shape index (κ3) is 5.22. The Hall–Kier alpha value is -1.75. The van der Waals surface area contributed by atoms with Crippen molar-refractivity contribution in [1.29, 1.82) is 0 Å². The molecule has 1 aromatic rings. The number of rotatable bonds is 3. The second-order valence-electron chi connectivity index (χ2n) is 6.89. The van der Waals surface area contributed by atoms with Crippen LogP contribution in [-0.2, 0) is 4.74 Å². The Morgan fingerprint density at radius 3 is 2.36 bits per heavy atom. The van der Waals surface area contributed by atoms with Crippen molar-refractivity contribution in [2.45, 2.75) is 45.3 Å². The molecular weight excluding hydrogens is 278 g/mol. The second-order valence-corrected chi connectivity index (χ2v) is 6.89. The highest BCUT2D eigenvalue weighted by Gasteiger charge is 2.19. The summed E-state index contributed by atoms with van der Waals surface area (Å²) in [5, 5.41) is 6.37. The molecule has 1 heterocycles. The quantitative estimate of drug-likeness (QED) is 0.897. The lowest BCUT2D eigenvalue weighted by Crippen LogP contribution is -2.37. The van der Waals surface area contributed by atoms with Crippen LogP contribution in [0.25, 0.3) is 0 Å². The molecule has 0 saturated carbocycles. The van der Waals surface area contributed by atoms with Crippen LogP contribution in [0.4, 0.5) is 16.2 Å². The number of hydrogen-bond donors (Lipinski definition) is 2. The Bertz CT molecular complexity index is 503. The van der Waals surface area contributed by atoms with Crippen molar-refractivity contribution < 1.29 is 9.53 Å². The highest BCUT2D eigenvalue weighted by molar-refractivity contribution is 5.89. The molecular formula is C17H27N3O2. The van der Waals surface area contributed by atoms with Crippen LogP contribution in [-0.4, -0.2) is 42.8 Å². The van der Waals surface area contributed by atoms with Crippen LogP contribution < -0.4 is 10.6 Å². The van der Waals surface area contributed by atoms with Gasteiger partial charge in [-0.2, -0.15) is 0 Å². The van der Waals surface area contributed by atoms with Crippen molar-refractivity contribution in [2.75, 3.05) is 30.8 Å². The monoisotopic (exact) mass is 305 g/mol. The predicted octanol–water partition coefficient (Wildman–Crippen LogP) is 3.54. The lowest BCUT2D eigenvalue weighted by Gasteiger charge is -2.30. The average molecular weight is 305 g/mol. The maximum atomic E-state index is 11.9. The van der Waals surface area contributed by atoms with Crippen LogP contribution >= 0.6 is 0 Å². The third-order valence-electron chi connectivity index (χ3n) is 3.64. The molecule has 0 atom stereocenters. The number of hydrogen-bond acceptors (Lipinski definition) is 4. The number of nitrogens with one attached hydrogen (secondary N) is 2. The van der Waals surface area contributed by atoms with Crippen molar-refractivity contribution in [3.05, 3.63) is 24.3 Å². The van der Waals surface area contributed by atoms with Crippen molar-refractivity contribution in [1.82, 2.24) is 4.90 Å². The molecule has 1 aliphatic heterocycles. The minimum atomic E-state index is -0.500. The number of benzene rings is 1. The van der Waals surface area contributed by atoms with Crippen LogP contribution in [0.3, 0.4) is 0 Å². The molecule has 0 bridgehead atoms. The molecule has 5 nitrogen and oxygen atoms in total. The van der Waals surface area contributed by atoms with Gasteiger partial charge in [0.15, 0.2) is 0 Å². The van der Waals surface area contributed by atoms with E-state index in [9.17, 15) is 4.79 Å². The van der Waals surface area contributed by atoms with E-state index in [0.717, 1.165) is 37.3 Å². The summed E-state index contributed by atoms with van der Waals surface area (Å²) in [6.45, 7) is 7.76. The van der Waals surface area contributed by atoms with Crippen LogP contribution in [0.2, 0.25) is 0 Å². The highest BCUT2D eigenvalue weighted by Crippen LogP contribution is 2.25. The third-order valence-corrected chi connectivity index (χ3v) is 3.64. The van der Waals surface area contributed by atoms with Crippen LogP contribution in [0.5, 0.6) is 0 Å². The molecule has 2 rings (SSSR count). The minimum absolute atomic E-state index is 0.426. The Balaban J connectivity index is 1.99. The number of carbonyl (C=O) groups excluding carboxylic acids is 1. The first-order valence-electron chi connectivity index (χ1n) is 7.87. The lowest BCUT2D eigenvalue weighted by atomic mass is 10.0. The predicted molar refractivity (Wildman–Crippen MR) is 90.4 cm³/mol. The molecule has 0 aromatic heterocycles. The van der Waals surface area contributed by atoms with Crippen LogP contribution in [0.15, 0.2) is 24.3 Å². The molecule has 0 aliphatic carbocycles. The molecule has 0 unspecified atom stereocenters. The van der Waals surface area contributed by atoms with E-state index in [1.807, 2.05) is 45.0 Å². The summed E-state index contributed by atoms with van der Waals surface area (Å²) in [6, 6.07) is 8.20. The standard InChI is InChI=1S/C17H27N3O2/c1-17(2,3)22-16(21)19-15-8-6-5-7-14(15)18-13-9-11-20(4)12-10-13/h5-8,13,18H,9-12H2,1-4H3,(H,19,21). The minimum Gasteiger partial charge on any atom is -0.444 e.